The van der Waals surface area contributed by atoms with E-state index < -0.39 is 55.0 Å². The van der Waals surface area contributed by atoms with Gasteiger partial charge in [0.2, 0.25) is 0 Å². The van der Waals surface area contributed by atoms with E-state index in [4.69, 9.17) is 18.9 Å². The van der Waals surface area contributed by atoms with Crippen molar-refractivity contribution in [1.29, 1.82) is 0 Å². The highest BCUT2D eigenvalue weighted by molar-refractivity contribution is 7.99. The molecular formula is C61H31B3F6N2O4S5. The second-order valence-corrected chi connectivity index (χ2v) is 25.2. The summed E-state index contributed by atoms with van der Waals surface area (Å²) in [6.07, 6.45) is 5.78. The van der Waals surface area contributed by atoms with Crippen molar-refractivity contribution >= 4 is 180 Å². The number of halogens is 6. The molecule has 81 heavy (non-hydrogen) atoms. The summed E-state index contributed by atoms with van der Waals surface area (Å²) in [5.74, 6) is -0.153. The number of thiophene rings is 2. The summed E-state index contributed by atoms with van der Waals surface area (Å²) >= 11 is 7.37. The van der Waals surface area contributed by atoms with Gasteiger partial charge in [0, 0.05) is 84.8 Å². The minimum atomic E-state index is -0.795. The first kappa shape index (κ1) is 48.3. The van der Waals surface area contributed by atoms with Crippen LogP contribution in [0.1, 0.15) is 0 Å². The molecule has 0 N–H and O–H groups in total. The van der Waals surface area contributed by atoms with Crippen LogP contribution < -0.4 is 76.5 Å². The van der Waals surface area contributed by atoms with Crippen LogP contribution in [-0.2, 0) is 0 Å². The van der Waals surface area contributed by atoms with Crippen molar-refractivity contribution in [3.05, 3.63) is 168 Å². The Morgan fingerprint density at radius 1 is 0.383 bits per heavy atom. The monoisotopic (exact) mass is 1160 g/mol. The quantitative estimate of drug-likeness (QED) is 0.0952. The summed E-state index contributed by atoms with van der Waals surface area (Å²) in [4.78, 5) is 5.61. The predicted molar refractivity (Wildman–Crippen MR) is 322 cm³/mol. The lowest BCUT2D eigenvalue weighted by atomic mass is 9.31. The Labute approximate surface area is 479 Å². The van der Waals surface area contributed by atoms with E-state index in [2.05, 4.69) is 6.07 Å². The summed E-state index contributed by atoms with van der Waals surface area (Å²) in [7, 11) is 0. The fourth-order valence-electron chi connectivity index (χ4n) is 13.0. The van der Waals surface area contributed by atoms with Crippen LogP contribution in [0.3, 0.4) is 0 Å². The normalized spacial score (nSPS) is 14.2. The molecule has 6 aliphatic rings. The first-order valence-electron chi connectivity index (χ1n) is 25.6. The van der Waals surface area contributed by atoms with Gasteiger partial charge < -0.3 is 28.7 Å². The average Bonchev–Trinajstić information content (AvgIpc) is 2.12. The van der Waals surface area contributed by atoms with Crippen molar-refractivity contribution in [3.63, 3.8) is 0 Å². The number of hydrogen-bond acceptors (Lipinski definition) is 11. The summed E-state index contributed by atoms with van der Waals surface area (Å²) in [6.45, 7) is -1.81. The molecule has 0 saturated heterocycles. The van der Waals surface area contributed by atoms with E-state index in [0.29, 0.717) is 107 Å². The Morgan fingerprint density at radius 3 is 1.26 bits per heavy atom. The van der Waals surface area contributed by atoms with Crippen molar-refractivity contribution in [1.82, 2.24) is 0 Å². The fourth-order valence-corrected chi connectivity index (χ4v) is 16.9. The molecule has 0 radical (unpaired) electrons. The molecule has 9 aromatic carbocycles. The molecule has 0 fully saturated rings. The van der Waals surface area contributed by atoms with Gasteiger partial charge >= 0.3 is 0 Å². The van der Waals surface area contributed by atoms with Crippen molar-refractivity contribution in [2.24, 2.45) is 0 Å². The highest BCUT2D eigenvalue weighted by Crippen LogP contribution is 2.51. The van der Waals surface area contributed by atoms with Crippen molar-refractivity contribution in [2.75, 3.05) is 28.6 Å². The lowest BCUT2D eigenvalue weighted by Gasteiger charge is -2.43. The van der Waals surface area contributed by atoms with Crippen molar-refractivity contribution < 1.29 is 45.3 Å². The molecule has 11 aromatic rings. The lowest BCUT2D eigenvalue weighted by Crippen LogP contribution is -2.64. The highest BCUT2D eigenvalue weighted by Gasteiger charge is 2.51. The van der Waals surface area contributed by atoms with Crippen molar-refractivity contribution in [2.45, 2.75) is 14.7 Å². The van der Waals surface area contributed by atoms with Crippen LogP contribution >= 0.6 is 58.0 Å². The van der Waals surface area contributed by atoms with Crippen LogP contribution in [0.15, 0.2) is 148 Å². The average molecular weight is 1160 g/mol. The second-order valence-electron chi connectivity index (χ2n) is 20.4. The van der Waals surface area contributed by atoms with Gasteiger partial charge in [0.05, 0.1) is 0 Å². The lowest BCUT2D eigenvalue weighted by molar-refractivity contribution is 0.465. The first-order chi connectivity index (χ1) is 39.4. The molecule has 6 nitrogen and oxygen atoms in total. The zero-order valence-corrected chi connectivity index (χ0v) is 46.4. The third kappa shape index (κ3) is 6.67. The number of nitrogens with zero attached hydrogens (tertiary/aromatic N) is 2. The standard InChI is InChI=1S/C61H31B3F6N2O4S5/c1-77-28-16-43-53-47(18-28)73-45-25-42-34(63-54-44(72(42)57-39(69)8-5-9-40(57)70)17-29(78-2)19-48(54)75-58-31-14-26(65)10-12-51(31)80-60(58)63)23-35(45)62(53)33-22-36-46(24-41(33)71(43)56-37(67)6-4-7-38(56)68)74-49-20-30(79-3)21-50-55(49)64(36)61-59(76-50)32-15-27(66)11-13-52(32)81-61/h4-25H,1-3H3. The van der Waals surface area contributed by atoms with Gasteiger partial charge in [-0.25, -0.2) is 26.3 Å². The van der Waals surface area contributed by atoms with E-state index in [0.717, 1.165) is 44.6 Å². The number of thioether (sulfide) groups is 3. The van der Waals surface area contributed by atoms with Gasteiger partial charge in [-0.15, -0.1) is 58.0 Å². The molecule has 2 aromatic heterocycles. The van der Waals surface area contributed by atoms with Crippen molar-refractivity contribution in [3.8, 4) is 46.0 Å². The van der Waals surface area contributed by atoms with E-state index in [9.17, 15) is 0 Å². The maximum Gasteiger partial charge on any atom is 0.273 e. The second kappa shape index (κ2) is 17.3. The highest BCUT2D eigenvalue weighted by atomic mass is 32.2. The Balaban J connectivity index is 0.978. The molecular weight excluding hydrogens is 1130 g/mol. The summed E-state index contributed by atoms with van der Waals surface area (Å²) in [5.41, 5.74) is 6.06. The van der Waals surface area contributed by atoms with Gasteiger partial charge in [0.1, 0.15) is 92.3 Å². The molecule has 0 unspecified atom stereocenters. The molecule has 0 saturated carbocycles. The van der Waals surface area contributed by atoms with E-state index in [1.807, 2.05) is 73.4 Å². The number of benzene rings is 9. The molecule has 8 heterocycles. The zero-order valence-electron chi connectivity index (χ0n) is 42.3. The van der Waals surface area contributed by atoms with Crippen LogP contribution in [-0.4, -0.2) is 38.9 Å². The largest absolute Gasteiger partial charge is 0.458 e. The number of ether oxygens (including phenoxy) is 4. The maximum atomic E-state index is 16.9. The number of anilines is 6. The third-order valence-corrected chi connectivity index (χ3v) is 20.9. The van der Waals surface area contributed by atoms with Gasteiger partial charge in [0.15, 0.2) is 0 Å². The van der Waals surface area contributed by atoms with E-state index in [1.165, 1.54) is 119 Å². The Kier molecular flexibility index (Phi) is 10.3. The van der Waals surface area contributed by atoms with Gasteiger partial charge in [0.25, 0.3) is 20.1 Å². The summed E-state index contributed by atoms with van der Waals surface area (Å²) in [6, 6.07) is 36.3. The number of para-hydroxylation sites is 2. The minimum absolute atomic E-state index is 0.300. The van der Waals surface area contributed by atoms with E-state index in [-0.39, 0.29) is 11.4 Å². The molecule has 6 aliphatic heterocycles. The zero-order chi connectivity index (χ0) is 54.6. The van der Waals surface area contributed by atoms with Crippen LogP contribution in [0.4, 0.5) is 60.5 Å². The van der Waals surface area contributed by atoms with Gasteiger partial charge in [-0.3, -0.25) is 0 Å². The number of fused-ring (bicyclic) bond motifs is 16. The van der Waals surface area contributed by atoms with E-state index >= 15 is 26.3 Å². The molecule has 0 spiro atoms. The third-order valence-electron chi connectivity index (χ3n) is 16.3. The molecule has 20 heteroatoms. The van der Waals surface area contributed by atoms with Crippen LogP contribution in [0.2, 0.25) is 0 Å². The Morgan fingerprint density at radius 2 is 0.778 bits per heavy atom. The van der Waals surface area contributed by atoms with Gasteiger partial charge in [-0.2, -0.15) is 0 Å². The first-order valence-corrected chi connectivity index (χ1v) is 30.9. The van der Waals surface area contributed by atoms with Crippen LogP contribution in [0, 0.1) is 34.9 Å². The Bertz CT molecular complexity index is 4690. The summed E-state index contributed by atoms with van der Waals surface area (Å²) < 4.78 is 129. The van der Waals surface area contributed by atoms with Gasteiger partial charge in [-0.1, -0.05) is 24.3 Å². The number of hydrogen-bond donors (Lipinski definition) is 0. The summed E-state index contributed by atoms with van der Waals surface area (Å²) in [5, 5.41) is 1.22. The van der Waals surface area contributed by atoms with E-state index in [1.54, 1.807) is 21.9 Å². The molecule has 0 atom stereocenters. The fraction of sp³-hybridized carbons (Fsp3) is 0.0492. The maximum absolute atomic E-state index is 16.9. The molecule has 390 valence electrons. The SMILES string of the molecule is CSc1cc2c3c(c1)Oc1c(sc4ccc(F)cc14)B3c1cc3c(cc1O2)N(c1c(F)cccc1F)c1cc(SC)cc2c1B3c1cc3c(cc1O2)N(c1c(F)cccc1F)c1cc(SC)cc2c1B3c1sc3ccc(F)cc3c1O2. The van der Waals surface area contributed by atoms with Gasteiger partial charge in [-0.05, 0) is 149 Å². The smallest absolute Gasteiger partial charge is 0.273 e. The molecule has 0 amide bonds. The topological polar surface area (TPSA) is 43.4 Å². The molecule has 17 rings (SSSR count). The predicted octanol–water partition coefficient (Wildman–Crippen LogP) is 12.7. The van der Waals surface area contributed by atoms with Crippen LogP contribution in [0.25, 0.3) is 20.2 Å². The number of rotatable bonds is 5. The molecule has 0 bridgehead atoms. The minimum Gasteiger partial charge on any atom is -0.458 e. The Hall–Kier alpha value is -7.48. The molecule has 0 aliphatic carbocycles. The van der Waals surface area contributed by atoms with Crippen LogP contribution in [0.5, 0.6) is 46.0 Å².